The lowest BCUT2D eigenvalue weighted by atomic mass is 9.95. The van der Waals surface area contributed by atoms with Crippen LogP contribution in [0, 0.1) is 41.5 Å². The predicted octanol–water partition coefficient (Wildman–Crippen LogP) is 6.66. The van der Waals surface area contributed by atoms with Crippen LogP contribution in [0.25, 0.3) is 22.3 Å². The lowest BCUT2D eigenvalue weighted by molar-refractivity contribution is 0.399. The van der Waals surface area contributed by atoms with Gasteiger partial charge in [0, 0.05) is 26.2 Å². The molecule has 230 valence electrons. The fourth-order valence-corrected chi connectivity index (χ4v) is 6.83. The van der Waals surface area contributed by atoms with Gasteiger partial charge in [-0.3, -0.25) is 19.0 Å². The van der Waals surface area contributed by atoms with Gasteiger partial charge in [0.15, 0.2) is 0 Å². The molecule has 2 aliphatic heterocycles. The summed E-state index contributed by atoms with van der Waals surface area (Å²) in [7, 11) is 0. The molecule has 0 aliphatic carbocycles. The second-order valence-electron chi connectivity index (χ2n) is 11.3. The smallest absolute Gasteiger partial charge is 0.278 e. The summed E-state index contributed by atoms with van der Waals surface area (Å²) >= 11 is 6.60. The molecule has 0 fully saturated rings. The number of thiocarbonyl (C=S) groups is 1. The van der Waals surface area contributed by atoms with Crippen LogP contribution >= 0.6 is 24.0 Å². The molecule has 8 nitrogen and oxygen atoms in total. The van der Waals surface area contributed by atoms with E-state index >= 15 is 0 Å². The van der Waals surface area contributed by atoms with E-state index in [0.29, 0.717) is 34.5 Å². The summed E-state index contributed by atoms with van der Waals surface area (Å²) < 4.78 is 13.4. The van der Waals surface area contributed by atoms with Gasteiger partial charge in [0.1, 0.15) is 11.1 Å². The quantitative estimate of drug-likeness (QED) is 0.257. The highest BCUT2D eigenvalue weighted by Crippen LogP contribution is 2.36. The summed E-state index contributed by atoms with van der Waals surface area (Å²) in [6, 6.07) is 8.31. The summed E-state index contributed by atoms with van der Waals surface area (Å²) in [6.07, 6.45) is 3.74. The van der Waals surface area contributed by atoms with Gasteiger partial charge in [-0.15, -0.1) is 0 Å². The molecule has 0 radical (unpaired) electrons. The third-order valence-corrected chi connectivity index (χ3v) is 9.08. The first-order chi connectivity index (χ1) is 19.9. The van der Waals surface area contributed by atoms with E-state index in [1.807, 2.05) is 45.6 Å². The van der Waals surface area contributed by atoms with Crippen molar-refractivity contribution in [1.82, 2.24) is 18.7 Å². The zero-order valence-electron chi connectivity index (χ0n) is 25.3. The highest BCUT2D eigenvalue weighted by molar-refractivity contribution is 8.22. The van der Waals surface area contributed by atoms with Crippen LogP contribution in [-0.2, 0) is 26.2 Å². The third-order valence-electron chi connectivity index (χ3n) is 8.08. The fraction of sp³-hybridized carbons (Fsp3) is 0.424. The zero-order valence-corrected chi connectivity index (χ0v) is 27.0. The Morgan fingerprint density at radius 1 is 0.698 bits per heavy atom. The van der Waals surface area contributed by atoms with E-state index in [4.69, 9.17) is 17.0 Å². The van der Waals surface area contributed by atoms with Gasteiger partial charge in [0.2, 0.25) is 16.1 Å². The SMILES string of the molecule is C.CSC(=S)Oc1c(-c2c(C)cc(C)cc2C)c(=O)n2n1CCC2.Cc1cc(C)c(-c2c(O)n3n(c2=O)CCC3)c(C)c1. The van der Waals surface area contributed by atoms with Crippen molar-refractivity contribution < 1.29 is 9.84 Å². The summed E-state index contributed by atoms with van der Waals surface area (Å²) in [5, 5.41) is 10.3. The second-order valence-corrected chi connectivity index (χ2v) is 12.7. The lowest BCUT2D eigenvalue weighted by Crippen LogP contribution is -2.17. The van der Waals surface area contributed by atoms with Gasteiger partial charge in [-0.1, -0.05) is 54.6 Å². The lowest BCUT2D eigenvalue weighted by Gasteiger charge is -2.13. The molecule has 4 aromatic rings. The maximum Gasteiger partial charge on any atom is 0.278 e. The van der Waals surface area contributed by atoms with E-state index in [1.54, 1.807) is 14.0 Å². The van der Waals surface area contributed by atoms with Gasteiger partial charge in [-0.2, -0.15) is 0 Å². The number of aromatic nitrogens is 4. The van der Waals surface area contributed by atoms with Crippen LogP contribution in [0.5, 0.6) is 11.8 Å². The van der Waals surface area contributed by atoms with Crippen LogP contribution in [0.1, 0.15) is 53.6 Å². The van der Waals surface area contributed by atoms with E-state index in [1.165, 1.54) is 22.9 Å². The van der Waals surface area contributed by atoms with Gasteiger partial charge in [-0.25, -0.2) is 9.36 Å². The van der Waals surface area contributed by atoms with Crippen LogP contribution in [0.15, 0.2) is 33.9 Å². The summed E-state index contributed by atoms with van der Waals surface area (Å²) in [4.78, 5) is 25.4. The molecule has 0 bridgehead atoms. The number of rotatable bonds is 3. The molecular weight excluding hydrogens is 581 g/mol. The van der Waals surface area contributed by atoms with Crippen molar-refractivity contribution in [3.63, 3.8) is 0 Å². The number of nitrogens with zero attached hydrogens (tertiary/aromatic N) is 4. The van der Waals surface area contributed by atoms with Crippen molar-refractivity contribution in [3.05, 3.63) is 78.4 Å². The van der Waals surface area contributed by atoms with Crippen molar-refractivity contribution in [3.8, 4) is 34.0 Å². The Morgan fingerprint density at radius 3 is 1.56 bits per heavy atom. The number of hydrogen-bond donors (Lipinski definition) is 1. The Kier molecular flexibility index (Phi) is 9.51. The normalized spacial score (nSPS) is 13.2. The first kappa shape index (κ1) is 32.4. The van der Waals surface area contributed by atoms with Crippen molar-refractivity contribution in [1.29, 1.82) is 0 Å². The number of fused-ring (bicyclic) bond motifs is 2. The Hall–Kier alpha value is -3.50. The third kappa shape index (κ3) is 5.74. The van der Waals surface area contributed by atoms with Crippen LogP contribution in [0.3, 0.4) is 0 Å². The predicted molar refractivity (Wildman–Crippen MR) is 181 cm³/mol. The summed E-state index contributed by atoms with van der Waals surface area (Å²) in [5.41, 5.74) is 9.48. The molecule has 43 heavy (non-hydrogen) atoms. The van der Waals surface area contributed by atoms with Crippen molar-refractivity contribution in [2.45, 2.75) is 88.0 Å². The first-order valence-electron chi connectivity index (χ1n) is 14.2. The van der Waals surface area contributed by atoms with Gasteiger partial charge in [0.05, 0.1) is 0 Å². The minimum Gasteiger partial charge on any atom is -0.493 e. The van der Waals surface area contributed by atoms with Crippen molar-refractivity contribution in [2.24, 2.45) is 0 Å². The first-order valence-corrected chi connectivity index (χ1v) is 15.9. The minimum atomic E-state index is -0.0787. The maximum atomic E-state index is 13.0. The molecule has 0 atom stereocenters. The average Bonchev–Trinajstić information content (AvgIpc) is 3.68. The number of hydrogen-bond acceptors (Lipinski definition) is 6. The van der Waals surface area contributed by atoms with Gasteiger partial charge in [-0.05, 0) is 106 Å². The fourth-order valence-electron chi connectivity index (χ4n) is 6.59. The Morgan fingerprint density at radius 2 is 1.09 bits per heavy atom. The molecule has 1 N–H and O–H groups in total. The van der Waals surface area contributed by atoms with Crippen LogP contribution in [0.2, 0.25) is 0 Å². The molecule has 4 heterocycles. The van der Waals surface area contributed by atoms with Gasteiger partial charge >= 0.3 is 0 Å². The second kappa shape index (κ2) is 12.6. The monoisotopic (exact) mass is 622 g/mol. The van der Waals surface area contributed by atoms with Crippen LogP contribution in [0.4, 0.5) is 0 Å². The number of benzene rings is 2. The highest BCUT2D eigenvalue weighted by Gasteiger charge is 2.29. The van der Waals surface area contributed by atoms with E-state index in [0.717, 1.165) is 59.3 Å². The molecular formula is C33H42N4O4S2. The van der Waals surface area contributed by atoms with Gasteiger partial charge < -0.3 is 9.84 Å². The Bertz CT molecular complexity index is 1790. The maximum absolute atomic E-state index is 13.0. The highest BCUT2D eigenvalue weighted by atomic mass is 32.2. The number of aromatic hydroxyl groups is 1. The molecule has 2 aromatic carbocycles. The molecule has 0 saturated heterocycles. The largest absolute Gasteiger partial charge is 0.493 e. The van der Waals surface area contributed by atoms with Crippen LogP contribution in [-0.4, -0.2) is 34.5 Å². The average molecular weight is 623 g/mol. The standard InChI is InChI=1S/C17H20N2O2S2.C15H18N2O2.CH4/c1-10-8-11(2)13(12(3)9-10)14-15(20)18-6-5-7-19(18)16(14)21-17(22)23-4;1-9-7-10(2)12(11(3)8-9)13-14(18)16-5-4-6-17(16)15(13)19;/h8-9H,5-7H2,1-4H3;7-8,18H,4-6H2,1-3H3;1H4. The van der Waals surface area contributed by atoms with Crippen molar-refractivity contribution >= 4 is 28.4 Å². The van der Waals surface area contributed by atoms with Crippen LogP contribution < -0.4 is 15.9 Å². The Labute approximate surface area is 262 Å². The minimum absolute atomic E-state index is 0. The van der Waals surface area contributed by atoms with E-state index < -0.39 is 0 Å². The van der Waals surface area contributed by atoms with Crippen molar-refractivity contribution in [2.75, 3.05) is 6.26 Å². The van der Waals surface area contributed by atoms with E-state index in [2.05, 4.69) is 31.2 Å². The number of ether oxygens (including phenoxy) is 1. The number of aryl methyl sites for hydroxylation is 6. The molecule has 2 aliphatic rings. The molecule has 0 amide bonds. The topological polar surface area (TPSA) is 83.3 Å². The molecule has 0 spiro atoms. The molecule has 10 heteroatoms. The summed E-state index contributed by atoms with van der Waals surface area (Å²) in [5.74, 6) is 0.694. The molecule has 6 rings (SSSR count). The zero-order chi connectivity index (χ0) is 30.5. The van der Waals surface area contributed by atoms with Gasteiger partial charge in [0.25, 0.3) is 11.1 Å². The van der Waals surface area contributed by atoms with E-state index in [-0.39, 0.29) is 24.4 Å². The molecule has 0 unspecified atom stereocenters. The molecule has 2 aromatic heterocycles. The van der Waals surface area contributed by atoms with E-state index in [9.17, 15) is 14.7 Å². The number of thioether (sulfide) groups is 1. The summed E-state index contributed by atoms with van der Waals surface area (Å²) in [6.45, 7) is 15.1. The Balaban J connectivity index is 0.000000195. The molecule has 0 saturated carbocycles.